The largest absolute Gasteiger partial charge is 0.497 e. The molecule has 1 aliphatic heterocycles. The highest BCUT2D eigenvalue weighted by Gasteiger charge is 2.33. The number of methoxy groups -OCH3 is 1. The fourth-order valence-corrected chi connectivity index (χ4v) is 4.64. The Balaban J connectivity index is 1.58. The summed E-state index contributed by atoms with van der Waals surface area (Å²) in [5.74, 6) is -0.159. The second kappa shape index (κ2) is 9.18. The Labute approximate surface area is 165 Å². The molecule has 1 saturated heterocycles. The number of carbonyl (C=O) groups is 1. The van der Waals surface area contributed by atoms with Crippen molar-refractivity contribution in [3.8, 4) is 5.75 Å². The number of ether oxygens (including phenoxy) is 1. The van der Waals surface area contributed by atoms with Crippen LogP contribution in [0.3, 0.4) is 0 Å². The third-order valence-electron chi connectivity index (χ3n) is 4.71. The van der Waals surface area contributed by atoms with E-state index in [9.17, 15) is 13.2 Å². The number of nitrogens with one attached hydrogen (secondary N) is 1. The van der Waals surface area contributed by atoms with Crippen LogP contribution < -0.4 is 10.2 Å². The molecule has 1 aliphatic rings. The van der Waals surface area contributed by atoms with Crippen molar-refractivity contribution in [2.45, 2.75) is 24.3 Å². The lowest BCUT2D eigenvalue weighted by molar-refractivity contribution is -0.140. The van der Waals surface area contributed by atoms with Gasteiger partial charge in [-0.2, -0.15) is 4.31 Å². The molecule has 0 radical (unpaired) electrons. The van der Waals surface area contributed by atoms with E-state index < -0.39 is 15.9 Å². The van der Waals surface area contributed by atoms with Crippen molar-refractivity contribution in [2.75, 3.05) is 20.2 Å². The van der Waals surface area contributed by atoms with Gasteiger partial charge >= 0.3 is 0 Å². The third kappa shape index (κ3) is 4.89. The highest BCUT2D eigenvalue weighted by Crippen LogP contribution is 2.25. The number of benzene rings is 2. The first kappa shape index (κ1) is 20.3. The zero-order valence-electron chi connectivity index (χ0n) is 15.7. The summed E-state index contributed by atoms with van der Waals surface area (Å²) in [6.07, 6.45) is 1.24. The number of piperidine rings is 1. The van der Waals surface area contributed by atoms with Crippen molar-refractivity contribution >= 4 is 15.9 Å². The van der Waals surface area contributed by atoms with E-state index in [1.807, 2.05) is 30.3 Å². The molecule has 0 aromatic heterocycles. The van der Waals surface area contributed by atoms with Gasteiger partial charge in [-0.15, -0.1) is 0 Å². The fraction of sp³-hybridized carbons (Fsp3) is 0.350. The van der Waals surface area contributed by atoms with Crippen molar-refractivity contribution in [3.63, 3.8) is 0 Å². The van der Waals surface area contributed by atoms with Gasteiger partial charge in [0, 0.05) is 13.1 Å². The second-order valence-corrected chi connectivity index (χ2v) is 8.56. The molecule has 1 amide bonds. The molecule has 1 atom stereocenters. The molecule has 28 heavy (non-hydrogen) atoms. The van der Waals surface area contributed by atoms with E-state index in [-0.39, 0.29) is 24.0 Å². The summed E-state index contributed by atoms with van der Waals surface area (Å²) in [4.78, 5) is 17.9. The van der Waals surface area contributed by atoms with E-state index >= 15 is 0 Å². The number of hydrogen-bond donors (Lipinski definition) is 1. The fourth-order valence-electron chi connectivity index (χ4n) is 3.12. The Bertz CT molecular complexity index is 885. The van der Waals surface area contributed by atoms with Gasteiger partial charge in [0.15, 0.2) is 0 Å². The van der Waals surface area contributed by atoms with Gasteiger partial charge in [0.05, 0.1) is 24.5 Å². The first-order valence-corrected chi connectivity index (χ1v) is 10.5. The van der Waals surface area contributed by atoms with Crippen LogP contribution in [0.15, 0.2) is 59.5 Å². The summed E-state index contributed by atoms with van der Waals surface area (Å²) >= 11 is 0. The lowest BCUT2D eigenvalue weighted by atomic mass is 9.99. The standard InChI is InChI=1S/C20H24N2O5S/c1-26-18-9-11-19(12-10-18)28(24,25)22-13-5-8-17(14-22)20(23)21-27-15-16-6-3-2-4-7-16/h2-4,6-7,9-12,17H,5,8,13-15H2,1H3,(H,21,23)/t17-/m1/s1. The Morgan fingerprint density at radius 3 is 2.54 bits per heavy atom. The maximum atomic E-state index is 12.9. The SMILES string of the molecule is COc1ccc(S(=O)(=O)N2CCC[C@@H](C(=O)NOCc3ccccc3)C2)cc1. The highest BCUT2D eigenvalue weighted by molar-refractivity contribution is 7.89. The first-order chi connectivity index (χ1) is 13.5. The van der Waals surface area contributed by atoms with E-state index in [4.69, 9.17) is 9.57 Å². The van der Waals surface area contributed by atoms with Crippen molar-refractivity contribution in [3.05, 3.63) is 60.2 Å². The van der Waals surface area contributed by atoms with Crippen molar-refractivity contribution in [1.29, 1.82) is 0 Å². The minimum absolute atomic E-state index is 0.134. The summed E-state index contributed by atoms with van der Waals surface area (Å²) in [5.41, 5.74) is 3.39. The molecule has 2 aromatic rings. The van der Waals surface area contributed by atoms with Gasteiger partial charge < -0.3 is 4.74 Å². The predicted molar refractivity (Wildman–Crippen MR) is 104 cm³/mol. The molecule has 0 saturated carbocycles. The van der Waals surface area contributed by atoms with Gasteiger partial charge in [0.1, 0.15) is 5.75 Å². The molecule has 2 aromatic carbocycles. The number of amides is 1. The van der Waals surface area contributed by atoms with E-state index in [1.165, 1.54) is 23.5 Å². The van der Waals surface area contributed by atoms with Crippen molar-refractivity contribution < 1.29 is 22.8 Å². The summed E-state index contributed by atoms with van der Waals surface area (Å²) in [6, 6.07) is 15.7. The molecule has 150 valence electrons. The Morgan fingerprint density at radius 2 is 1.86 bits per heavy atom. The molecule has 3 rings (SSSR count). The van der Waals surface area contributed by atoms with E-state index in [1.54, 1.807) is 12.1 Å². The molecule has 1 heterocycles. The van der Waals surface area contributed by atoms with Crippen molar-refractivity contribution in [2.24, 2.45) is 5.92 Å². The molecule has 1 N–H and O–H groups in total. The van der Waals surface area contributed by atoms with Crippen LogP contribution in [0.4, 0.5) is 0 Å². The Kier molecular flexibility index (Phi) is 6.66. The second-order valence-electron chi connectivity index (χ2n) is 6.62. The first-order valence-electron chi connectivity index (χ1n) is 9.10. The number of hydrogen-bond acceptors (Lipinski definition) is 5. The Hall–Kier alpha value is -2.42. The van der Waals surface area contributed by atoms with Crippen LogP contribution in [-0.4, -0.2) is 38.8 Å². The van der Waals surface area contributed by atoms with Gasteiger partial charge in [-0.05, 0) is 42.7 Å². The Morgan fingerprint density at radius 1 is 1.14 bits per heavy atom. The summed E-state index contributed by atoms with van der Waals surface area (Å²) in [7, 11) is -2.13. The van der Waals surface area contributed by atoms with Gasteiger partial charge in [-0.25, -0.2) is 13.9 Å². The third-order valence-corrected chi connectivity index (χ3v) is 6.59. The van der Waals surface area contributed by atoms with E-state index in [2.05, 4.69) is 5.48 Å². The average molecular weight is 404 g/mol. The summed E-state index contributed by atoms with van der Waals surface area (Å²) in [5, 5.41) is 0. The molecule has 0 bridgehead atoms. The van der Waals surface area contributed by atoms with Crippen LogP contribution in [0, 0.1) is 5.92 Å². The number of carbonyl (C=O) groups excluding carboxylic acids is 1. The van der Waals surface area contributed by atoms with Crippen LogP contribution in [0.2, 0.25) is 0 Å². The maximum absolute atomic E-state index is 12.9. The van der Waals surface area contributed by atoms with Crippen molar-refractivity contribution in [1.82, 2.24) is 9.79 Å². The monoisotopic (exact) mass is 404 g/mol. The van der Waals surface area contributed by atoms with Crippen LogP contribution in [-0.2, 0) is 26.3 Å². The zero-order chi connectivity index (χ0) is 20.0. The van der Waals surface area contributed by atoms with Crippen LogP contribution >= 0.6 is 0 Å². The highest BCUT2D eigenvalue weighted by atomic mass is 32.2. The molecule has 0 spiro atoms. The molecular formula is C20H24N2O5S. The summed E-state index contributed by atoms with van der Waals surface area (Å²) in [6.45, 7) is 0.783. The molecule has 0 unspecified atom stereocenters. The molecule has 8 heteroatoms. The number of rotatable bonds is 7. The molecule has 7 nitrogen and oxygen atoms in total. The lowest BCUT2D eigenvalue weighted by Crippen LogP contribution is -2.45. The quantitative estimate of drug-likeness (QED) is 0.716. The lowest BCUT2D eigenvalue weighted by Gasteiger charge is -2.31. The summed E-state index contributed by atoms with van der Waals surface area (Å²) < 4.78 is 32.2. The van der Waals surface area contributed by atoms with E-state index in [0.717, 1.165) is 5.56 Å². The zero-order valence-corrected chi connectivity index (χ0v) is 16.5. The normalized spacial score (nSPS) is 17.8. The predicted octanol–water partition coefficient (Wildman–Crippen LogP) is 2.34. The molecular weight excluding hydrogens is 380 g/mol. The van der Waals surface area contributed by atoms with Gasteiger partial charge in [0.2, 0.25) is 15.9 Å². The number of hydroxylamine groups is 1. The van der Waals surface area contributed by atoms with Crippen LogP contribution in [0.5, 0.6) is 5.75 Å². The number of sulfonamides is 1. The smallest absolute Gasteiger partial charge is 0.247 e. The average Bonchev–Trinajstić information content (AvgIpc) is 2.74. The number of nitrogens with zero attached hydrogens (tertiary/aromatic N) is 1. The van der Waals surface area contributed by atoms with Crippen LogP contribution in [0.1, 0.15) is 18.4 Å². The minimum atomic E-state index is -3.66. The maximum Gasteiger partial charge on any atom is 0.247 e. The minimum Gasteiger partial charge on any atom is -0.497 e. The topological polar surface area (TPSA) is 84.9 Å². The van der Waals surface area contributed by atoms with Gasteiger partial charge in [-0.1, -0.05) is 30.3 Å². The van der Waals surface area contributed by atoms with Gasteiger partial charge in [-0.3, -0.25) is 9.63 Å². The molecule has 1 fully saturated rings. The van der Waals surface area contributed by atoms with Gasteiger partial charge in [0.25, 0.3) is 0 Å². The van der Waals surface area contributed by atoms with Crippen LogP contribution in [0.25, 0.3) is 0 Å². The molecule has 0 aliphatic carbocycles. The van der Waals surface area contributed by atoms with E-state index in [0.29, 0.717) is 25.1 Å².